The van der Waals surface area contributed by atoms with Crippen LogP contribution in [0.1, 0.15) is 51.0 Å². The number of likely N-dealkylation sites (tertiary alicyclic amines) is 1. The first-order valence-electron chi connectivity index (χ1n) is 8.72. The maximum absolute atomic E-state index is 12.7. The van der Waals surface area contributed by atoms with E-state index in [4.69, 9.17) is 16.3 Å². The van der Waals surface area contributed by atoms with E-state index in [2.05, 4.69) is 6.92 Å². The molecular weight excluding hydrogens is 326 g/mol. The summed E-state index contributed by atoms with van der Waals surface area (Å²) in [4.78, 5) is 26.6. The first-order valence-corrected chi connectivity index (χ1v) is 9.25. The molecule has 1 amide bonds. The molecule has 1 aliphatic rings. The molecule has 0 saturated carbocycles. The minimum atomic E-state index is -0.315. The van der Waals surface area contributed by atoms with E-state index in [0.29, 0.717) is 18.7 Å². The highest BCUT2D eigenvalue weighted by molar-refractivity contribution is 6.17. The maximum atomic E-state index is 12.7. The van der Waals surface area contributed by atoms with Crippen LogP contribution >= 0.6 is 11.6 Å². The van der Waals surface area contributed by atoms with Crippen LogP contribution in [0.25, 0.3) is 0 Å². The van der Waals surface area contributed by atoms with Gasteiger partial charge in [-0.2, -0.15) is 0 Å². The monoisotopic (exact) mass is 351 g/mol. The number of hydrogen-bond acceptors (Lipinski definition) is 3. The zero-order valence-corrected chi connectivity index (χ0v) is 15.0. The van der Waals surface area contributed by atoms with Crippen molar-refractivity contribution in [2.24, 2.45) is 0 Å². The van der Waals surface area contributed by atoms with Gasteiger partial charge in [-0.15, -0.1) is 11.6 Å². The Morgan fingerprint density at radius 1 is 1.21 bits per heavy atom. The summed E-state index contributed by atoms with van der Waals surface area (Å²) in [6.07, 6.45) is 3.83. The van der Waals surface area contributed by atoms with Gasteiger partial charge in [0.15, 0.2) is 0 Å². The van der Waals surface area contributed by atoms with E-state index in [9.17, 15) is 9.59 Å². The summed E-state index contributed by atoms with van der Waals surface area (Å²) in [5.74, 6) is 0.774. The number of rotatable bonds is 7. The number of piperidine rings is 1. The highest BCUT2D eigenvalue weighted by atomic mass is 35.5. The van der Waals surface area contributed by atoms with Gasteiger partial charge in [-0.05, 0) is 24.8 Å². The van der Waals surface area contributed by atoms with Crippen LogP contribution in [0, 0.1) is 0 Å². The van der Waals surface area contributed by atoms with Gasteiger partial charge >= 0.3 is 6.09 Å². The summed E-state index contributed by atoms with van der Waals surface area (Å²) in [5.41, 5.74) is 0.961. The van der Waals surface area contributed by atoms with Crippen molar-refractivity contribution in [3.05, 3.63) is 35.9 Å². The van der Waals surface area contributed by atoms with Crippen LogP contribution in [0.2, 0.25) is 0 Å². The topological polar surface area (TPSA) is 46.6 Å². The van der Waals surface area contributed by atoms with E-state index in [-0.39, 0.29) is 30.6 Å². The molecule has 1 saturated heterocycles. The van der Waals surface area contributed by atoms with Gasteiger partial charge in [0.25, 0.3) is 0 Å². The van der Waals surface area contributed by atoms with Gasteiger partial charge in [0, 0.05) is 30.8 Å². The molecule has 0 aliphatic carbocycles. The second kappa shape index (κ2) is 9.67. The smallest absolute Gasteiger partial charge is 0.410 e. The second-order valence-corrected chi connectivity index (χ2v) is 6.70. The molecule has 2 atom stereocenters. The normalized spacial score (nSPS) is 20.9. The van der Waals surface area contributed by atoms with Crippen LogP contribution in [0.4, 0.5) is 4.79 Å². The van der Waals surface area contributed by atoms with Crippen molar-refractivity contribution in [3.8, 4) is 0 Å². The fourth-order valence-corrected chi connectivity index (χ4v) is 3.48. The molecule has 5 heteroatoms. The Hall–Kier alpha value is -1.55. The number of carbonyl (C=O) groups is 2. The molecule has 0 radical (unpaired) electrons. The Bertz CT molecular complexity index is 535. The maximum Gasteiger partial charge on any atom is 0.410 e. The molecule has 0 bridgehead atoms. The van der Waals surface area contributed by atoms with Crippen molar-refractivity contribution in [3.63, 3.8) is 0 Å². The molecule has 0 aromatic heterocycles. The minimum absolute atomic E-state index is 0.0557. The van der Waals surface area contributed by atoms with Crippen molar-refractivity contribution < 1.29 is 14.3 Å². The van der Waals surface area contributed by atoms with Gasteiger partial charge < -0.3 is 9.64 Å². The van der Waals surface area contributed by atoms with Gasteiger partial charge in [-0.3, -0.25) is 4.79 Å². The zero-order valence-electron chi connectivity index (χ0n) is 14.2. The Balaban J connectivity index is 2.06. The average Bonchev–Trinajstić information content (AvgIpc) is 2.58. The molecule has 24 heavy (non-hydrogen) atoms. The first-order chi connectivity index (χ1) is 11.7. The number of carbonyl (C=O) groups excluding carboxylic acids is 2. The molecule has 2 rings (SSSR count). The van der Waals surface area contributed by atoms with Crippen LogP contribution in [-0.2, 0) is 16.1 Å². The van der Waals surface area contributed by atoms with E-state index in [1.54, 1.807) is 4.90 Å². The summed E-state index contributed by atoms with van der Waals surface area (Å²) >= 11 is 5.80. The lowest BCUT2D eigenvalue weighted by Crippen LogP contribution is -2.52. The van der Waals surface area contributed by atoms with Gasteiger partial charge in [-0.25, -0.2) is 4.79 Å². The van der Waals surface area contributed by atoms with E-state index < -0.39 is 0 Å². The molecule has 1 fully saturated rings. The second-order valence-electron chi connectivity index (χ2n) is 6.32. The number of ketones is 1. The lowest BCUT2D eigenvalue weighted by Gasteiger charge is -2.40. The molecule has 0 unspecified atom stereocenters. The minimum Gasteiger partial charge on any atom is -0.445 e. The van der Waals surface area contributed by atoms with E-state index >= 15 is 0 Å². The third-order valence-corrected chi connectivity index (χ3v) is 4.69. The van der Waals surface area contributed by atoms with Crippen molar-refractivity contribution in [1.29, 1.82) is 0 Å². The van der Waals surface area contributed by atoms with Gasteiger partial charge in [-0.1, -0.05) is 43.7 Å². The summed E-state index contributed by atoms with van der Waals surface area (Å²) in [5, 5.41) is 0. The van der Waals surface area contributed by atoms with Crippen molar-refractivity contribution >= 4 is 23.5 Å². The van der Waals surface area contributed by atoms with Crippen LogP contribution in [0.3, 0.4) is 0 Å². The lowest BCUT2D eigenvalue weighted by molar-refractivity contribution is -0.125. The fraction of sp³-hybridized carbons (Fsp3) is 0.579. The van der Waals surface area contributed by atoms with Crippen LogP contribution in [0.15, 0.2) is 30.3 Å². The first kappa shape index (κ1) is 18.8. The number of hydrogen-bond donors (Lipinski definition) is 0. The molecule has 1 heterocycles. The van der Waals surface area contributed by atoms with Crippen LogP contribution in [-0.4, -0.2) is 34.7 Å². The SMILES string of the molecule is CCC[C@H]1CC(=O)C[C@@H](CCCCl)N1C(=O)OCc1ccccc1. The summed E-state index contributed by atoms with van der Waals surface area (Å²) in [7, 11) is 0. The molecule has 0 N–H and O–H groups in total. The number of amides is 1. The number of Topliss-reactive ketones (excluding diaryl/α,β-unsaturated/α-hetero) is 1. The predicted octanol–water partition coefficient (Wildman–Crippen LogP) is 4.54. The van der Waals surface area contributed by atoms with Crippen molar-refractivity contribution in [2.45, 2.75) is 64.1 Å². The third-order valence-electron chi connectivity index (χ3n) is 4.42. The number of ether oxygens (including phenoxy) is 1. The molecule has 4 nitrogen and oxygen atoms in total. The zero-order chi connectivity index (χ0) is 17.4. The average molecular weight is 352 g/mol. The summed E-state index contributed by atoms with van der Waals surface area (Å²) in [6.45, 7) is 2.32. The highest BCUT2D eigenvalue weighted by Crippen LogP contribution is 2.28. The summed E-state index contributed by atoms with van der Waals surface area (Å²) in [6, 6.07) is 9.49. The number of halogens is 1. The Morgan fingerprint density at radius 2 is 1.88 bits per heavy atom. The van der Waals surface area contributed by atoms with Crippen LogP contribution < -0.4 is 0 Å². The summed E-state index contributed by atoms with van der Waals surface area (Å²) < 4.78 is 5.53. The van der Waals surface area contributed by atoms with Gasteiger partial charge in [0.2, 0.25) is 0 Å². The lowest BCUT2D eigenvalue weighted by atomic mass is 9.90. The largest absolute Gasteiger partial charge is 0.445 e. The van der Waals surface area contributed by atoms with E-state index in [0.717, 1.165) is 31.2 Å². The highest BCUT2D eigenvalue weighted by Gasteiger charge is 2.37. The molecule has 1 aliphatic heterocycles. The number of benzene rings is 1. The van der Waals surface area contributed by atoms with Gasteiger partial charge in [0.1, 0.15) is 12.4 Å². The molecule has 1 aromatic rings. The third kappa shape index (κ3) is 5.23. The fourth-order valence-electron chi connectivity index (χ4n) is 3.32. The number of alkyl halides is 1. The standard InChI is InChI=1S/C19H26ClNO3/c1-2-7-16-12-18(22)13-17(10-6-11-20)21(16)19(23)24-14-15-8-4-3-5-9-15/h3-5,8-9,16-17H,2,6-7,10-14H2,1H3/t16-,17+/m0/s1. The van der Waals surface area contributed by atoms with Gasteiger partial charge in [0.05, 0.1) is 0 Å². The molecule has 0 spiro atoms. The molecule has 1 aromatic carbocycles. The number of nitrogens with zero attached hydrogens (tertiary/aromatic N) is 1. The van der Waals surface area contributed by atoms with Crippen LogP contribution in [0.5, 0.6) is 0 Å². The molecule has 132 valence electrons. The quantitative estimate of drug-likeness (QED) is 0.677. The molecular formula is C19H26ClNO3. The Morgan fingerprint density at radius 3 is 2.50 bits per heavy atom. The van der Waals surface area contributed by atoms with E-state index in [1.165, 1.54) is 0 Å². The Labute approximate surface area is 149 Å². The predicted molar refractivity (Wildman–Crippen MR) is 95.1 cm³/mol. The Kier molecular flexibility index (Phi) is 7.57. The van der Waals surface area contributed by atoms with E-state index in [1.807, 2.05) is 30.3 Å². The van der Waals surface area contributed by atoms with Crippen molar-refractivity contribution in [2.75, 3.05) is 5.88 Å². The van der Waals surface area contributed by atoms with Crippen molar-refractivity contribution in [1.82, 2.24) is 4.90 Å².